The number of benzene rings is 2. The van der Waals surface area contributed by atoms with Crippen molar-refractivity contribution in [2.45, 2.75) is 13.5 Å². The molecule has 28 heavy (non-hydrogen) atoms. The summed E-state index contributed by atoms with van der Waals surface area (Å²) in [5.41, 5.74) is 2.54. The lowest BCUT2D eigenvalue weighted by Crippen LogP contribution is -2.23. The minimum atomic E-state index is -0.295. The topological polar surface area (TPSA) is 80.3 Å². The number of hydrogen-bond donors (Lipinski definition) is 2. The van der Waals surface area contributed by atoms with Crippen LogP contribution in [-0.4, -0.2) is 23.8 Å². The van der Waals surface area contributed by atoms with Gasteiger partial charge in [-0.05, 0) is 30.7 Å². The first-order chi connectivity index (χ1) is 13.6. The Hall–Kier alpha value is -3.67. The largest absolute Gasteiger partial charge is 0.457 e. The van der Waals surface area contributed by atoms with Gasteiger partial charge in [0.15, 0.2) is 0 Å². The van der Waals surface area contributed by atoms with Crippen LogP contribution in [0.15, 0.2) is 66.9 Å². The molecule has 0 unspecified atom stereocenters. The molecule has 0 saturated carbocycles. The molecule has 0 aliphatic heterocycles. The molecule has 2 amide bonds. The molecule has 0 atom stereocenters. The van der Waals surface area contributed by atoms with E-state index in [1.165, 1.54) is 6.20 Å². The van der Waals surface area contributed by atoms with E-state index in [4.69, 9.17) is 4.74 Å². The predicted octanol–water partition coefficient (Wildman–Crippen LogP) is 3.47. The molecule has 1 heterocycles. The molecule has 3 rings (SSSR count). The number of nitrogens with one attached hydrogen (secondary N) is 2. The first-order valence-electron chi connectivity index (χ1n) is 8.86. The molecule has 2 N–H and O–H groups in total. The molecule has 0 bridgehead atoms. The Balaban J connectivity index is 1.75. The van der Waals surface area contributed by atoms with Crippen LogP contribution in [0.4, 0.5) is 0 Å². The van der Waals surface area contributed by atoms with Gasteiger partial charge in [-0.25, -0.2) is 0 Å². The summed E-state index contributed by atoms with van der Waals surface area (Å²) in [6.45, 7) is 2.28. The van der Waals surface area contributed by atoms with Gasteiger partial charge in [-0.2, -0.15) is 0 Å². The Morgan fingerprint density at radius 2 is 1.79 bits per heavy atom. The Morgan fingerprint density at radius 1 is 1.00 bits per heavy atom. The van der Waals surface area contributed by atoms with Crippen molar-refractivity contribution in [3.63, 3.8) is 0 Å². The molecule has 0 aliphatic carbocycles. The molecule has 0 spiro atoms. The Kier molecular flexibility index (Phi) is 6.01. The van der Waals surface area contributed by atoms with Gasteiger partial charge in [-0.15, -0.1) is 0 Å². The van der Waals surface area contributed by atoms with Crippen LogP contribution >= 0.6 is 0 Å². The maximum Gasteiger partial charge on any atom is 0.269 e. The van der Waals surface area contributed by atoms with Crippen LogP contribution in [0.1, 0.15) is 32.0 Å². The van der Waals surface area contributed by atoms with Crippen molar-refractivity contribution in [2.75, 3.05) is 7.05 Å². The van der Waals surface area contributed by atoms with Crippen molar-refractivity contribution in [2.24, 2.45) is 0 Å². The third-order valence-corrected chi connectivity index (χ3v) is 4.24. The van der Waals surface area contributed by atoms with E-state index in [0.717, 1.165) is 5.56 Å². The third-order valence-electron chi connectivity index (χ3n) is 4.24. The average molecular weight is 375 g/mol. The van der Waals surface area contributed by atoms with Crippen LogP contribution in [0.2, 0.25) is 0 Å². The quantitative estimate of drug-likeness (QED) is 0.691. The van der Waals surface area contributed by atoms with E-state index in [0.29, 0.717) is 29.2 Å². The molecular formula is C22H21N3O3. The number of rotatable bonds is 6. The first kappa shape index (κ1) is 19.1. The third kappa shape index (κ3) is 4.54. The minimum Gasteiger partial charge on any atom is -0.457 e. The number of amides is 2. The minimum absolute atomic E-state index is 0.174. The van der Waals surface area contributed by atoms with Gasteiger partial charge in [0.2, 0.25) is 0 Å². The fraction of sp³-hybridized carbons (Fsp3) is 0.136. The lowest BCUT2D eigenvalue weighted by molar-refractivity contribution is 0.0945. The molecule has 0 saturated heterocycles. The smallest absolute Gasteiger partial charge is 0.269 e. The number of pyridine rings is 1. The standard InChI is InChI=1S/C22H21N3O3/c1-15-18(21(26)25-14-16-7-4-3-5-8-16)9-6-10-20(15)28-17-11-12-24-19(13-17)22(27)23-2/h3-13H,14H2,1-2H3,(H,23,27)(H,25,26). The van der Waals surface area contributed by atoms with Crippen molar-refractivity contribution in [1.82, 2.24) is 15.6 Å². The summed E-state index contributed by atoms with van der Waals surface area (Å²) >= 11 is 0. The van der Waals surface area contributed by atoms with Gasteiger partial charge in [0, 0.05) is 37.0 Å². The first-order valence-corrected chi connectivity index (χ1v) is 8.86. The van der Waals surface area contributed by atoms with Crippen molar-refractivity contribution in [3.05, 3.63) is 89.2 Å². The molecule has 0 fully saturated rings. The summed E-state index contributed by atoms with van der Waals surface area (Å²) in [7, 11) is 1.54. The van der Waals surface area contributed by atoms with E-state index in [2.05, 4.69) is 15.6 Å². The lowest BCUT2D eigenvalue weighted by Gasteiger charge is -2.13. The van der Waals surface area contributed by atoms with E-state index in [-0.39, 0.29) is 17.5 Å². The SMILES string of the molecule is CNC(=O)c1cc(Oc2cccc(C(=O)NCc3ccccc3)c2C)ccn1. The molecule has 1 aromatic heterocycles. The number of carbonyl (C=O) groups excluding carboxylic acids is 2. The summed E-state index contributed by atoms with van der Waals surface area (Å²) in [6.07, 6.45) is 1.51. The fourth-order valence-corrected chi connectivity index (χ4v) is 2.70. The molecule has 6 heteroatoms. The van der Waals surface area contributed by atoms with Crippen LogP contribution in [0.5, 0.6) is 11.5 Å². The molecule has 2 aromatic carbocycles. The number of aromatic nitrogens is 1. The summed E-state index contributed by atoms with van der Waals surface area (Å²) in [4.78, 5) is 28.3. The zero-order valence-electron chi connectivity index (χ0n) is 15.7. The fourth-order valence-electron chi connectivity index (χ4n) is 2.70. The summed E-state index contributed by atoms with van der Waals surface area (Å²) in [5, 5.41) is 5.45. The predicted molar refractivity (Wildman–Crippen MR) is 106 cm³/mol. The molecule has 6 nitrogen and oxygen atoms in total. The van der Waals surface area contributed by atoms with Gasteiger partial charge in [-0.3, -0.25) is 14.6 Å². The highest BCUT2D eigenvalue weighted by molar-refractivity contribution is 5.96. The van der Waals surface area contributed by atoms with Crippen molar-refractivity contribution in [3.8, 4) is 11.5 Å². The second-order valence-electron chi connectivity index (χ2n) is 6.15. The molecule has 142 valence electrons. The number of hydrogen-bond acceptors (Lipinski definition) is 4. The van der Waals surface area contributed by atoms with Crippen molar-refractivity contribution >= 4 is 11.8 Å². The normalized spacial score (nSPS) is 10.2. The van der Waals surface area contributed by atoms with Crippen LogP contribution in [-0.2, 0) is 6.54 Å². The van der Waals surface area contributed by atoms with Crippen molar-refractivity contribution in [1.29, 1.82) is 0 Å². The zero-order valence-corrected chi connectivity index (χ0v) is 15.7. The maximum atomic E-state index is 12.6. The maximum absolute atomic E-state index is 12.6. The monoisotopic (exact) mass is 375 g/mol. The second-order valence-corrected chi connectivity index (χ2v) is 6.15. The van der Waals surface area contributed by atoms with E-state index in [1.54, 1.807) is 37.4 Å². The average Bonchev–Trinajstić information content (AvgIpc) is 2.74. The molecule has 0 radical (unpaired) electrons. The van der Waals surface area contributed by atoms with Gasteiger partial charge in [0.25, 0.3) is 11.8 Å². The number of carbonyl (C=O) groups is 2. The highest BCUT2D eigenvalue weighted by Gasteiger charge is 2.14. The van der Waals surface area contributed by atoms with Gasteiger partial charge in [0.05, 0.1) is 0 Å². The summed E-state index contributed by atoms with van der Waals surface area (Å²) in [6, 6.07) is 18.2. The Morgan fingerprint density at radius 3 is 2.54 bits per heavy atom. The van der Waals surface area contributed by atoms with Crippen LogP contribution in [0, 0.1) is 6.92 Å². The van der Waals surface area contributed by atoms with E-state index in [1.807, 2.05) is 37.3 Å². The van der Waals surface area contributed by atoms with E-state index < -0.39 is 0 Å². The Labute approximate surface area is 163 Å². The highest BCUT2D eigenvalue weighted by Crippen LogP contribution is 2.27. The van der Waals surface area contributed by atoms with Crippen molar-refractivity contribution < 1.29 is 14.3 Å². The Bertz CT molecular complexity index is 987. The van der Waals surface area contributed by atoms with Gasteiger partial charge in [0.1, 0.15) is 17.2 Å². The molecule has 0 aliphatic rings. The number of ether oxygens (including phenoxy) is 1. The van der Waals surface area contributed by atoms with Gasteiger partial charge in [-0.1, -0.05) is 36.4 Å². The summed E-state index contributed by atoms with van der Waals surface area (Å²) in [5.74, 6) is 0.545. The van der Waals surface area contributed by atoms with E-state index in [9.17, 15) is 9.59 Å². The van der Waals surface area contributed by atoms with Crippen LogP contribution in [0.3, 0.4) is 0 Å². The highest BCUT2D eigenvalue weighted by atomic mass is 16.5. The zero-order chi connectivity index (χ0) is 19.9. The second kappa shape index (κ2) is 8.81. The number of nitrogens with zero attached hydrogens (tertiary/aromatic N) is 1. The van der Waals surface area contributed by atoms with Gasteiger partial charge >= 0.3 is 0 Å². The molecular weight excluding hydrogens is 354 g/mol. The lowest BCUT2D eigenvalue weighted by atomic mass is 10.1. The molecule has 3 aromatic rings. The summed E-state index contributed by atoms with van der Waals surface area (Å²) < 4.78 is 5.90. The van der Waals surface area contributed by atoms with Crippen LogP contribution in [0.25, 0.3) is 0 Å². The van der Waals surface area contributed by atoms with E-state index >= 15 is 0 Å². The van der Waals surface area contributed by atoms with Crippen LogP contribution < -0.4 is 15.4 Å². The van der Waals surface area contributed by atoms with Gasteiger partial charge < -0.3 is 15.4 Å².